The van der Waals surface area contributed by atoms with Gasteiger partial charge in [0.2, 0.25) is 5.91 Å². The van der Waals surface area contributed by atoms with Crippen LogP contribution in [0.4, 0.5) is 0 Å². The number of nitrogens with zero attached hydrogens (tertiary/aromatic N) is 2. The average Bonchev–Trinajstić information content (AvgIpc) is 2.67. The Hall–Kier alpha value is -2.33. The predicted octanol–water partition coefficient (Wildman–Crippen LogP) is 2.94. The van der Waals surface area contributed by atoms with Crippen LogP contribution in [0, 0.1) is 5.92 Å². The maximum Gasteiger partial charge on any atom is 0.223 e. The second-order valence-corrected chi connectivity index (χ2v) is 8.54. The quantitative estimate of drug-likeness (QED) is 0.893. The zero-order valence-electron chi connectivity index (χ0n) is 15.8. The number of carbonyl (C=O) groups is 1. The lowest BCUT2D eigenvalue weighted by molar-refractivity contribution is -0.144. The Kier molecular flexibility index (Phi) is 3.80. The summed E-state index contributed by atoms with van der Waals surface area (Å²) in [5.41, 5.74) is 3.61. The fourth-order valence-electron chi connectivity index (χ4n) is 5.75. The molecule has 4 heteroatoms. The molecule has 2 aliphatic heterocycles. The van der Waals surface area contributed by atoms with Crippen LogP contribution >= 0.6 is 0 Å². The first-order valence-corrected chi connectivity index (χ1v) is 9.91. The number of hydrogen-bond acceptors (Lipinski definition) is 3. The van der Waals surface area contributed by atoms with E-state index in [2.05, 4.69) is 35.0 Å². The highest BCUT2D eigenvalue weighted by Gasteiger charge is 2.56. The molecule has 1 N–H and O–H groups in total. The van der Waals surface area contributed by atoms with Crippen molar-refractivity contribution in [1.29, 1.82) is 0 Å². The van der Waals surface area contributed by atoms with Crippen LogP contribution in [-0.4, -0.2) is 47.0 Å². The van der Waals surface area contributed by atoms with Gasteiger partial charge in [-0.3, -0.25) is 4.79 Å². The Morgan fingerprint density at radius 3 is 2.81 bits per heavy atom. The van der Waals surface area contributed by atoms with Crippen molar-refractivity contribution in [2.24, 2.45) is 5.92 Å². The van der Waals surface area contributed by atoms with E-state index in [-0.39, 0.29) is 11.3 Å². The third-order valence-electron chi connectivity index (χ3n) is 7.16. The average molecular weight is 362 g/mol. The normalized spacial score (nSPS) is 30.0. The molecule has 1 unspecified atom stereocenters. The minimum Gasteiger partial charge on any atom is -0.508 e. The second-order valence-electron chi connectivity index (χ2n) is 8.54. The number of amides is 1. The highest BCUT2D eigenvalue weighted by atomic mass is 16.3. The summed E-state index contributed by atoms with van der Waals surface area (Å²) < 4.78 is 0. The number of phenols is 1. The summed E-state index contributed by atoms with van der Waals surface area (Å²) >= 11 is 0. The number of phenolic OH excluding ortho intramolecular Hbond substituents is 1. The van der Waals surface area contributed by atoms with Gasteiger partial charge in [0.15, 0.2) is 0 Å². The van der Waals surface area contributed by atoms with Crippen LogP contribution in [0.15, 0.2) is 48.5 Å². The Bertz CT molecular complexity index is 881. The number of fused-ring (bicyclic) bond motifs is 1. The monoisotopic (exact) mass is 362 g/mol. The SMILES string of the molecule is CN1CCC23CC(=O)N(Cc4ccccc4)C[C@H]2[C@H]1Cc1ccc(O)cc13. The minimum atomic E-state index is -0.117. The van der Waals surface area contributed by atoms with Gasteiger partial charge in [-0.2, -0.15) is 0 Å². The van der Waals surface area contributed by atoms with E-state index in [9.17, 15) is 9.90 Å². The van der Waals surface area contributed by atoms with Crippen molar-refractivity contribution in [3.63, 3.8) is 0 Å². The predicted molar refractivity (Wildman–Crippen MR) is 104 cm³/mol. The van der Waals surface area contributed by atoms with Gasteiger partial charge in [-0.25, -0.2) is 0 Å². The first-order valence-electron chi connectivity index (χ1n) is 9.91. The van der Waals surface area contributed by atoms with Crippen molar-refractivity contribution < 1.29 is 9.90 Å². The molecule has 2 bridgehead atoms. The molecule has 2 heterocycles. The van der Waals surface area contributed by atoms with Gasteiger partial charge in [-0.1, -0.05) is 36.4 Å². The molecular weight excluding hydrogens is 336 g/mol. The largest absolute Gasteiger partial charge is 0.508 e. The molecule has 3 aliphatic rings. The summed E-state index contributed by atoms with van der Waals surface area (Å²) in [6, 6.07) is 16.5. The molecule has 1 amide bonds. The van der Waals surface area contributed by atoms with Gasteiger partial charge < -0.3 is 14.9 Å². The van der Waals surface area contributed by atoms with Crippen molar-refractivity contribution >= 4 is 5.91 Å². The number of benzene rings is 2. The van der Waals surface area contributed by atoms with Gasteiger partial charge in [0.05, 0.1) is 0 Å². The van der Waals surface area contributed by atoms with Crippen LogP contribution in [0.25, 0.3) is 0 Å². The summed E-state index contributed by atoms with van der Waals surface area (Å²) in [5, 5.41) is 10.1. The fraction of sp³-hybridized carbons (Fsp3) is 0.435. The third-order valence-corrected chi connectivity index (χ3v) is 7.16. The van der Waals surface area contributed by atoms with Crippen molar-refractivity contribution in [2.75, 3.05) is 20.1 Å². The number of carbonyl (C=O) groups excluding carboxylic acids is 1. The van der Waals surface area contributed by atoms with Gasteiger partial charge in [0, 0.05) is 36.9 Å². The van der Waals surface area contributed by atoms with Crippen molar-refractivity contribution in [3.8, 4) is 5.75 Å². The zero-order valence-corrected chi connectivity index (χ0v) is 15.8. The van der Waals surface area contributed by atoms with Crippen molar-refractivity contribution in [1.82, 2.24) is 9.80 Å². The summed E-state index contributed by atoms with van der Waals surface area (Å²) in [7, 11) is 2.22. The van der Waals surface area contributed by atoms with E-state index in [4.69, 9.17) is 0 Å². The molecule has 5 rings (SSSR count). The molecule has 0 saturated carbocycles. The lowest BCUT2D eigenvalue weighted by Crippen LogP contribution is -2.65. The van der Waals surface area contributed by atoms with Gasteiger partial charge in [0.25, 0.3) is 0 Å². The van der Waals surface area contributed by atoms with E-state index < -0.39 is 0 Å². The summed E-state index contributed by atoms with van der Waals surface area (Å²) in [6.45, 7) is 2.51. The van der Waals surface area contributed by atoms with E-state index in [0.29, 0.717) is 30.7 Å². The molecule has 0 aromatic heterocycles. The molecule has 0 radical (unpaired) electrons. The maximum atomic E-state index is 13.2. The smallest absolute Gasteiger partial charge is 0.223 e. The summed E-state index contributed by atoms with van der Waals surface area (Å²) in [6.07, 6.45) is 2.56. The van der Waals surface area contributed by atoms with E-state index in [1.807, 2.05) is 24.3 Å². The molecule has 0 spiro atoms. The maximum absolute atomic E-state index is 13.2. The van der Waals surface area contributed by atoms with Crippen LogP contribution < -0.4 is 0 Å². The highest BCUT2D eigenvalue weighted by molar-refractivity contribution is 5.80. The Labute approximate surface area is 160 Å². The number of likely N-dealkylation sites (tertiary alicyclic amines) is 2. The summed E-state index contributed by atoms with van der Waals surface area (Å²) in [5.74, 6) is 0.986. The first kappa shape index (κ1) is 16.8. The minimum absolute atomic E-state index is 0.117. The van der Waals surface area contributed by atoms with Crippen LogP contribution in [0.3, 0.4) is 0 Å². The molecule has 1 aliphatic carbocycles. The topological polar surface area (TPSA) is 43.8 Å². The molecule has 140 valence electrons. The Morgan fingerprint density at radius 2 is 2.00 bits per heavy atom. The number of aromatic hydroxyl groups is 1. The number of rotatable bonds is 2. The van der Waals surface area contributed by atoms with Crippen LogP contribution in [0.2, 0.25) is 0 Å². The fourth-order valence-corrected chi connectivity index (χ4v) is 5.75. The molecule has 27 heavy (non-hydrogen) atoms. The molecule has 3 atom stereocenters. The third kappa shape index (κ3) is 2.58. The van der Waals surface area contributed by atoms with Crippen LogP contribution in [0.5, 0.6) is 5.75 Å². The van der Waals surface area contributed by atoms with Gasteiger partial charge in [-0.05, 0) is 55.3 Å². The van der Waals surface area contributed by atoms with E-state index in [1.165, 1.54) is 16.7 Å². The van der Waals surface area contributed by atoms with Crippen molar-refractivity contribution in [3.05, 3.63) is 65.2 Å². The lowest BCUT2D eigenvalue weighted by Gasteiger charge is -2.59. The van der Waals surface area contributed by atoms with Gasteiger partial charge >= 0.3 is 0 Å². The number of likely N-dealkylation sites (N-methyl/N-ethyl adjacent to an activating group) is 1. The molecule has 2 aromatic rings. The molecule has 2 aromatic carbocycles. The lowest BCUT2D eigenvalue weighted by atomic mass is 9.54. The van der Waals surface area contributed by atoms with Crippen LogP contribution in [-0.2, 0) is 23.2 Å². The Balaban J connectivity index is 1.53. The van der Waals surface area contributed by atoms with Gasteiger partial charge in [-0.15, -0.1) is 0 Å². The molecule has 2 fully saturated rings. The summed E-state index contributed by atoms with van der Waals surface area (Å²) in [4.78, 5) is 17.7. The number of piperidine rings is 2. The molecule has 4 nitrogen and oxygen atoms in total. The van der Waals surface area contributed by atoms with E-state index in [0.717, 1.165) is 25.9 Å². The molecular formula is C23H26N2O2. The first-order chi connectivity index (χ1) is 13.1. The van der Waals surface area contributed by atoms with Gasteiger partial charge in [0.1, 0.15) is 5.75 Å². The van der Waals surface area contributed by atoms with Crippen LogP contribution in [0.1, 0.15) is 29.5 Å². The second kappa shape index (κ2) is 6.10. The van der Waals surface area contributed by atoms with E-state index >= 15 is 0 Å². The highest BCUT2D eigenvalue weighted by Crippen LogP contribution is 2.53. The number of hydrogen-bond donors (Lipinski definition) is 1. The standard InChI is InChI=1S/C23H26N2O2/c1-24-10-9-23-13-22(27)25(14-16-5-3-2-4-6-16)15-20(23)21(24)11-17-7-8-18(26)12-19(17)23/h2-8,12,20-21,26H,9-11,13-15H2,1H3/t20-,21+,23?/m0/s1. The zero-order chi connectivity index (χ0) is 18.6. The van der Waals surface area contributed by atoms with Crippen molar-refractivity contribution in [2.45, 2.75) is 37.3 Å². The Morgan fingerprint density at radius 1 is 1.19 bits per heavy atom. The van der Waals surface area contributed by atoms with E-state index in [1.54, 1.807) is 6.07 Å². The molecule has 2 saturated heterocycles.